The molecule has 0 aliphatic carbocycles. The quantitative estimate of drug-likeness (QED) is 0.825. The van der Waals surface area contributed by atoms with Crippen LogP contribution in [0.3, 0.4) is 0 Å². The summed E-state index contributed by atoms with van der Waals surface area (Å²) in [7, 11) is 0. The van der Waals surface area contributed by atoms with Gasteiger partial charge in [0.15, 0.2) is 5.82 Å². The number of hydrogen-bond donors (Lipinski definition) is 1. The lowest BCUT2D eigenvalue weighted by atomic mass is 10.1. The van der Waals surface area contributed by atoms with Crippen LogP contribution in [0.5, 0.6) is 0 Å². The van der Waals surface area contributed by atoms with Crippen LogP contribution in [0.4, 0.5) is 0 Å². The lowest BCUT2D eigenvalue weighted by Gasteiger charge is -2.04. The Hall–Kier alpha value is -1.89. The fourth-order valence-corrected chi connectivity index (χ4v) is 2.58. The molecule has 2 rings (SSSR count). The van der Waals surface area contributed by atoms with Crippen molar-refractivity contribution in [3.8, 4) is 5.82 Å². The summed E-state index contributed by atoms with van der Waals surface area (Å²) in [5, 5.41) is 22.3. The van der Waals surface area contributed by atoms with E-state index in [0.717, 1.165) is 22.8 Å². The summed E-state index contributed by atoms with van der Waals surface area (Å²) >= 11 is 1.24. The van der Waals surface area contributed by atoms with Crippen molar-refractivity contribution in [1.82, 2.24) is 20.0 Å². The van der Waals surface area contributed by atoms with Gasteiger partial charge in [0.25, 0.3) is 0 Å². The second-order valence-corrected chi connectivity index (χ2v) is 6.19. The van der Waals surface area contributed by atoms with Crippen molar-refractivity contribution in [2.45, 2.75) is 32.2 Å². The van der Waals surface area contributed by atoms with Gasteiger partial charge in [0.2, 0.25) is 0 Å². The standard InChI is InChI=1S/C14H18N4O2S/c1-9(2)6-11-7-13(21-8-14(19)20)18(17-11)12-5-4-10(3)15-16-12/h4-5,7,9H,6,8H2,1-3H3,(H,19,20). The lowest BCUT2D eigenvalue weighted by Crippen LogP contribution is -2.05. The number of aliphatic carboxylic acids is 1. The van der Waals surface area contributed by atoms with Gasteiger partial charge in [-0.05, 0) is 37.5 Å². The summed E-state index contributed by atoms with van der Waals surface area (Å²) in [6.45, 7) is 6.10. The Morgan fingerprint density at radius 3 is 2.71 bits per heavy atom. The molecule has 0 aromatic carbocycles. The number of carboxylic acid groups (broad SMARTS) is 1. The topological polar surface area (TPSA) is 80.9 Å². The Morgan fingerprint density at radius 1 is 1.38 bits per heavy atom. The van der Waals surface area contributed by atoms with E-state index in [1.54, 1.807) is 4.68 Å². The molecule has 0 spiro atoms. The van der Waals surface area contributed by atoms with Gasteiger partial charge in [-0.1, -0.05) is 25.6 Å². The zero-order valence-corrected chi connectivity index (χ0v) is 13.1. The number of hydrogen-bond acceptors (Lipinski definition) is 5. The maximum Gasteiger partial charge on any atom is 0.313 e. The van der Waals surface area contributed by atoms with E-state index in [9.17, 15) is 4.79 Å². The monoisotopic (exact) mass is 306 g/mol. The van der Waals surface area contributed by atoms with E-state index in [2.05, 4.69) is 29.1 Å². The number of aryl methyl sites for hydroxylation is 1. The fraction of sp³-hybridized carbons (Fsp3) is 0.429. The second kappa shape index (κ2) is 6.71. The van der Waals surface area contributed by atoms with Crippen LogP contribution in [0.25, 0.3) is 5.82 Å². The van der Waals surface area contributed by atoms with Crippen molar-refractivity contribution in [2.24, 2.45) is 5.92 Å². The smallest absolute Gasteiger partial charge is 0.313 e. The Bertz CT molecular complexity index is 622. The molecule has 21 heavy (non-hydrogen) atoms. The van der Waals surface area contributed by atoms with Gasteiger partial charge >= 0.3 is 5.97 Å². The molecule has 0 amide bonds. The normalized spacial score (nSPS) is 11.0. The maximum absolute atomic E-state index is 10.8. The average molecular weight is 306 g/mol. The predicted molar refractivity (Wildman–Crippen MR) is 80.8 cm³/mol. The van der Waals surface area contributed by atoms with Gasteiger partial charge < -0.3 is 5.11 Å². The first kappa shape index (κ1) is 15.5. The van der Waals surface area contributed by atoms with Crippen LogP contribution in [0, 0.1) is 12.8 Å². The van der Waals surface area contributed by atoms with Crippen molar-refractivity contribution in [3.63, 3.8) is 0 Å². The largest absolute Gasteiger partial charge is 0.481 e. The highest BCUT2D eigenvalue weighted by molar-refractivity contribution is 7.99. The predicted octanol–water partition coefficient (Wildman–Crippen LogP) is 2.35. The van der Waals surface area contributed by atoms with Crippen molar-refractivity contribution >= 4 is 17.7 Å². The molecule has 7 heteroatoms. The van der Waals surface area contributed by atoms with Crippen LogP contribution in [0.2, 0.25) is 0 Å². The van der Waals surface area contributed by atoms with Crippen LogP contribution in [-0.4, -0.2) is 36.8 Å². The molecule has 2 aromatic heterocycles. The molecular weight excluding hydrogens is 288 g/mol. The molecule has 112 valence electrons. The molecule has 0 aliphatic rings. The van der Waals surface area contributed by atoms with E-state index < -0.39 is 5.97 Å². The number of carbonyl (C=O) groups is 1. The molecule has 0 atom stereocenters. The summed E-state index contributed by atoms with van der Waals surface area (Å²) in [6.07, 6.45) is 0.840. The van der Waals surface area contributed by atoms with Gasteiger partial charge in [-0.2, -0.15) is 10.2 Å². The van der Waals surface area contributed by atoms with Gasteiger partial charge in [-0.15, -0.1) is 5.10 Å². The Morgan fingerprint density at radius 2 is 2.14 bits per heavy atom. The zero-order valence-electron chi connectivity index (χ0n) is 12.3. The summed E-state index contributed by atoms with van der Waals surface area (Å²) < 4.78 is 1.66. The minimum atomic E-state index is -0.854. The SMILES string of the molecule is Cc1ccc(-n2nc(CC(C)C)cc2SCC(=O)O)nn1. The molecule has 1 N–H and O–H groups in total. The number of rotatable bonds is 6. The molecule has 2 aromatic rings. The number of nitrogens with zero attached hydrogens (tertiary/aromatic N) is 4. The van der Waals surface area contributed by atoms with Gasteiger partial charge in [-0.25, -0.2) is 4.68 Å². The van der Waals surface area contributed by atoms with Crippen molar-refractivity contribution < 1.29 is 9.90 Å². The van der Waals surface area contributed by atoms with Crippen LogP contribution in [0.15, 0.2) is 23.2 Å². The van der Waals surface area contributed by atoms with Crippen LogP contribution in [-0.2, 0) is 11.2 Å². The van der Waals surface area contributed by atoms with E-state index in [4.69, 9.17) is 5.11 Å². The summed E-state index contributed by atoms with van der Waals surface area (Å²) in [5.41, 5.74) is 1.76. The van der Waals surface area contributed by atoms with Crippen LogP contribution >= 0.6 is 11.8 Å². The van der Waals surface area contributed by atoms with Crippen LogP contribution < -0.4 is 0 Å². The number of thioether (sulfide) groups is 1. The highest BCUT2D eigenvalue weighted by atomic mass is 32.2. The first-order valence-corrected chi connectivity index (χ1v) is 7.68. The number of aromatic nitrogens is 4. The first-order chi connectivity index (χ1) is 9.95. The second-order valence-electron chi connectivity index (χ2n) is 5.20. The van der Waals surface area contributed by atoms with E-state index >= 15 is 0 Å². The van der Waals surface area contributed by atoms with E-state index in [1.165, 1.54) is 11.8 Å². The molecule has 0 fully saturated rings. The third kappa shape index (κ3) is 4.29. The molecule has 0 saturated carbocycles. The Balaban J connectivity index is 2.33. The summed E-state index contributed by atoms with van der Waals surface area (Å²) in [6, 6.07) is 5.62. The van der Waals surface area contributed by atoms with Gasteiger partial charge in [0, 0.05) is 0 Å². The highest BCUT2D eigenvalue weighted by Crippen LogP contribution is 2.23. The molecular formula is C14H18N4O2S. The first-order valence-electron chi connectivity index (χ1n) is 6.70. The molecule has 6 nitrogen and oxygen atoms in total. The Labute approximate surface area is 127 Å². The van der Waals surface area contributed by atoms with Crippen molar-refractivity contribution in [2.75, 3.05) is 5.75 Å². The van der Waals surface area contributed by atoms with Gasteiger partial charge in [0.1, 0.15) is 5.03 Å². The molecule has 0 bridgehead atoms. The lowest BCUT2D eigenvalue weighted by molar-refractivity contribution is -0.133. The molecule has 0 aliphatic heterocycles. The molecule has 2 heterocycles. The fourth-order valence-electron chi connectivity index (χ4n) is 1.84. The minimum absolute atomic E-state index is 0.00784. The molecule has 0 radical (unpaired) electrons. The zero-order chi connectivity index (χ0) is 15.4. The van der Waals surface area contributed by atoms with Crippen LogP contribution in [0.1, 0.15) is 25.2 Å². The third-order valence-corrected chi connectivity index (χ3v) is 3.67. The summed E-state index contributed by atoms with van der Waals surface area (Å²) in [4.78, 5) is 10.8. The van der Waals surface area contributed by atoms with E-state index in [0.29, 0.717) is 11.7 Å². The highest BCUT2D eigenvalue weighted by Gasteiger charge is 2.14. The third-order valence-electron chi connectivity index (χ3n) is 2.69. The van der Waals surface area contributed by atoms with E-state index in [1.807, 2.05) is 25.1 Å². The Kier molecular flexibility index (Phi) is 4.95. The van der Waals surface area contributed by atoms with Crippen molar-refractivity contribution in [1.29, 1.82) is 0 Å². The van der Waals surface area contributed by atoms with Gasteiger partial charge in [0.05, 0.1) is 17.1 Å². The summed E-state index contributed by atoms with van der Waals surface area (Å²) in [5.74, 6) is 0.220. The average Bonchev–Trinajstić information content (AvgIpc) is 2.79. The maximum atomic E-state index is 10.8. The van der Waals surface area contributed by atoms with Crippen molar-refractivity contribution in [3.05, 3.63) is 29.6 Å². The number of carboxylic acids is 1. The van der Waals surface area contributed by atoms with E-state index in [-0.39, 0.29) is 5.75 Å². The molecule has 0 unspecified atom stereocenters. The minimum Gasteiger partial charge on any atom is -0.481 e. The van der Waals surface area contributed by atoms with Gasteiger partial charge in [-0.3, -0.25) is 4.79 Å². The molecule has 0 saturated heterocycles.